The molecule has 248 valence electrons. The van der Waals surface area contributed by atoms with Crippen molar-refractivity contribution in [1.82, 2.24) is 0 Å². The number of benzene rings is 5. The highest BCUT2D eigenvalue weighted by Crippen LogP contribution is 2.53. The van der Waals surface area contributed by atoms with Crippen LogP contribution in [0.15, 0.2) is 146 Å². The fourth-order valence-corrected chi connectivity index (χ4v) is 7.82. The molecule has 5 aromatic carbocycles. The first-order valence-electron chi connectivity index (χ1n) is 18.8. The van der Waals surface area contributed by atoms with Gasteiger partial charge in [0.05, 0.1) is 0 Å². The van der Waals surface area contributed by atoms with Crippen LogP contribution in [0.2, 0.25) is 0 Å². The molecule has 0 heteroatoms. The second kappa shape index (κ2) is 22.0. The number of hydrogen-bond acceptors (Lipinski definition) is 0. The Morgan fingerprint density at radius 2 is 0.511 bits per heavy atom. The van der Waals surface area contributed by atoms with Crippen molar-refractivity contribution in [2.75, 3.05) is 0 Å². The predicted octanol–water partition coefficient (Wildman–Crippen LogP) is 14.5. The van der Waals surface area contributed by atoms with Crippen molar-refractivity contribution in [2.45, 2.75) is 97.3 Å². The molecule has 0 atom stereocenters. The Labute approximate surface area is 287 Å². The second-order valence-corrected chi connectivity index (χ2v) is 13.9. The maximum atomic E-state index is 2.12. The molecule has 0 radical (unpaired) electrons. The lowest BCUT2D eigenvalue weighted by atomic mass is 9.56. The molecule has 4 bridgehead atoms. The lowest BCUT2D eigenvalue weighted by Crippen LogP contribution is -2.38. The Bertz CT molecular complexity index is 1240. The number of hydrogen-bond donors (Lipinski definition) is 0. The van der Waals surface area contributed by atoms with Crippen molar-refractivity contribution in [3.63, 3.8) is 0 Å². The fraction of sp³-hybridized carbons (Fsp3) is 0.404. The van der Waals surface area contributed by atoms with Gasteiger partial charge in [-0.15, -0.1) is 0 Å². The first-order chi connectivity index (χ1) is 23.2. The summed E-state index contributed by atoms with van der Waals surface area (Å²) in [6, 6.07) is 49.5. The molecule has 5 aliphatic carbocycles. The summed E-state index contributed by atoms with van der Waals surface area (Å²) in [4.78, 5) is 0. The van der Waals surface area contributed by atoms with Crippen molar-refractivity contribution >= 4 is 10.8 Å². The lowest BCUT2D eigenvalue weighted by molar-refractivity contribution is 0.0198. The van der Waals surface area contributed by atoms with Crippen molar-refractivity contribution in [2.24, 2.45) is 23.7 Å². The molecule has 0 heterocycles. The minimum absolute atomic E-state index is 1.18. The third-order valence-corrected chi connectivity index (χ3v) is 9.71. The molecule has 5 fully saturated rings. The molecule has 0 saturated heterocycles. The molecule has 0 unspecified atom stereocenters. The zero-order valence-electron chi connectivity index (χ0n) is 29.4. The summed E-state index contributed by atoms with van der Waals surface area (Å²) in [5, 5.41) is 2.62. The Morgan fingerprint density at radius 3 is 0.745 bits per heavy atom. The van der Waals surface area contributed by atoms with Crippen molar-refractivity contribution in [1.29, 1.82) is 0 Å². The standard InChI is InChI=1S/C12H10.C10H16.C10H8.C6H12.C6H6.C3H8/c1-3-7-11(8-4-1)12-9-5-2-6-10-12;1-7-2-9-4-8(1)5-10(3-7)6-9;1-2-6-10-8-4-3-7-9(10)5-1;2*1-2-4-6-5-3-1;1-3-2/h1-10H;7-10H,1-6H2;1-8H;1-6H2;1-6H;3H2,1-2H3. The highest BCUT2D eigenvalue weighted by molar-refractivity contribution is 5.82. The van der Waals surface area contributed by atoms with Gasteiger partial charge in [-0.1, -0.05) is 204 Å². The van der Waals surface area contributed by atoms with E-state index in [-0.39, 0.29) is 0 Å². The van der Waals surface area contributed by atoms with Crippen LogP contribution in [0.25, 0.3) is 21.9 Å². The highest BCUT2D eigenvalue weighted by Gasteiger charge is 2.41. The predicted molar refractivity (Wildman–Crippen MR) is 208 cm³/mol. The van der Waals surface area contributed by atoms with Gasteiger partial charge in [0.1, 0.15) is 0 Å². The van der Waals surface area contributed by atoms with Crippen molar-refractivity contribution in [3.05, 3.63) is 146 Å². The van der Waals surface area contributed by atoms with Gasteiger partial charge in [-0.25, -0.2) is 0 Å². The van der Waals surface area contributed by atoms with Crippen LogP contribution in [0.4, 0.5) is 0 Å². The van der Waals surface area contributed by atoms with E-state index in [0.29, 0.717) is 0 Å². The smallest absolute Gasteiger partial charge is 0.0184 e. The van der Waals surface area contributed by atoms with Gasteiger partial charge in [0, 0.05) is 0 Å². The third kappa shape index (κ3) is 13.9. The zero-order valence-corrected chi connectivity index (χ0v) is 29.4. The van der Waals surface area contributed by atoms with Gasteiger partial charge < -0.3 is 0 Å². The van der Waals surface area contributed by atoms with Gasteiger partial charge in [-0.2, -0.15) is 0 Å². The van der Waals surface area contributed by atoms with Crippen LogP contribution >= 0.6 is 0 Å². The molecule has 5 aliphatic rings. The molecule has 5 aromatic rings. The van der Waals surface area contributed by atoms with Gasteiger partial charge in [0.25, 0.3) is 0 Å². The average molecular weight is 625 g/mol. The lowest BCUT2D eigenvalue weighted by Gasteiger charge is -2.49. The van der Waals surface area contributed by atoms with E-state index < -0.39 is 0 Å². The molecule has 10 rings (SSSR count). The minimum Gasteiger partial charge on any atom is -0.0656 e. The summed E-state index contributed by atoms with van der Waals surface area (Å²) in [6.45, 7) is 4.25. The molecule has 0 aromatic heterocycles. The number of fused-ring (bicyclic) bond motifs is 1. The summed E-state index contributed by atoms with van der Waals surface area (Å²) in [6.07, 6.45) is 19.9. The summed E-state index contributed by atoms with van der Waals surface area (Å²) >= 11 is 0. The van der Waals surface area contributed by atoms with Gasteiger partial charge in [-0.05, 0) is 84.1 Å². The van der Waals surface area contributed by atoms with E-state index in [9.17, 15) is 0 Å². The van der Waals surface area contributed by atoms with Gasteiger partial charge in [0.2, 0.25) is 0 Å². The normalized spacial score (nSPS) is 21.3. The van der Waals surface area contributed by atoms with Crippen molar-refractivity contribution < 1.29 is 0 Å². The SMILES string of the molecule is C1C2CC3CC1CC(C2)C3.C1CCCCC1.CCC.c1ccc(-c2ccccc2)cc1.c1ccc2ccccc2c1.c1ccccc1. The van der Waals surface area contributed by atoms with E-state index in [1.54, 1.807) is 38.5 Å². The Kier molecular flexibility index (Phi) is 17.0. The zero-order chi connectivity index (χ0) is 32.8. The Morgan fingerprint density at radius 1 is 0.319 bits per heavy atom. The highest BCUT2D eigenvalue weighted by atomic mass is 14.5. The molecule has 0 nitrogen and oxygen atoms in total. The number of rotatable bonds is 1. The largest absolute Gasteiger partial charge is 0.0656 e. The van der Waals surface area contributed by atoms with Crippen LogP contribution in [-0.2, 0) is 0 Å². The molecule has 0 spiro atoms. The molecule has 0 amide bonds. The Hall–Kier alpha value is -3.64. The summed E-state index contributed by atoms with van der Waals surface area (Å²) < 4.78 is 0. The quantitative estimate of drug-likeness (QED) is 0.174. The molecular weight excluding hydrogens is 565 g/mol. The molecule has 5 saturated carbocycles. The maximum Gasteiger partial charge on any atom is -0.0184 e. The third-order valence-electron chi connectivity index (χ3n) is 9.71. The van der Waals surface area contributed by atoms with Crippen LogP contribution in [-0.4, -0.2) is 0 Å². The van der Waals surface area contributed by atoms with Crippen LogP contribution in [0.3, 0.4) is 0 Å². The van der Waals surface area contributed by atoms with Gasteiger partial charge in [0.15, 0.2) is 0 Å². The van der Waals surface area contributed by atoms with E-state index in [1.807, 2.05) is 48.5 Å². The monoisotopic (exact) mass is 624 g/mol. The average Bonchev–Trinajstić information content (AvgIpc) is 3.15. The summed E-state index contributed by atoms with van der Waals surface area (Å²) in [5.41, 5.74) is 2.55. The first-order valence-corrected chi connectivity index (χ1v) is 18.8. The maximum absolute atomic E-state index is 2.12. The second-order valence-electron chi connectivity index (χ2n) is 13.9. The topological polar surface area (TPSA) is 0 Å². The van der Waals surface area contributed by atoms with Gasteiger partial charge >= 0.3 is 0 Å². The molecule has 47 heavy (non-hydrogen) atoms. The van der Waals surface area contributed by atoms with Crippen molar-refractivity contribution in [3.8, 4) is 11.1 Å². The van der Waals surface area contributed by atoms with E-state index in [1.165, 1.54) is 90.5 Å². The minimum atomic E-state index is 1.18. The van der Waals surface area contributed by atoms with E-state index >= 15 is 0 Å². The summed E-state index contributed by atoms with van der Waals surface area (Å²) in [7, 11) is 0. The van der Waals surface area contributed by atoms with Crippen LogP contribution in [0.1, 0.15) is 97.3 Å². The van der Waals surface area contributed by atoms with Crippen LogP contribution in [0.5, 0.6) is 0 Å². The fourth-order valence-electron chi connectivity index (χ4n) is 7.82. The summed E-state index contributed by atoms with van der Waals surface area (Å²) in [5.74, 6) is 4.71. The molecule has 0 aliphatic heterocycles. The van der Waals surface area contributed by atoms with Gasteiger partial charge in [-0.3, -0.25) is 0 Å². The van der Waals surface area contributed by atoms with E-state index in [0.717, 1.165) is 0 Å². The van der Waals surface area contributed by atoms with Crippen LogP contribution in [0, 0.1) is 23.7 Å². The van der Waals surface area contributed by atoms with E-state index in [2.05, 4.69) is 111 Å². The van der Waals surface area contributed by atoms with E-state index in [4.69, 9.17) is 0 Å². The Balaban J connectivity index is 0.000000133. The molecule has 0 N–H and O–H groups in total. The first kappa shape index (κ1) is 36.2. The molecular formula is C47H60. The van der Waals surface area contributed by atoms with Crippen LogP contribution < -0.4 is 0 Å².